The second kappa shape index (κ2) is 4.17. The van der Waals surface area contributed by atoms with Crippen molar-refractivity contribution in [1.29, 1.82) is 0 Å². The van der Waals surface area contributed by atoms with Crippen LogP contribution in [0.5, 0.6) is 0 Å². The normalized spacial score (nSPS) is 20.7. The van der Waals surface area contributed by atoms with E-state index in [0.29, 0.717) is 6.54 Å². The van der Waals surface area contributed by atoms with Crippen molar-refractivity contribution in [1.82, 2.24) is 10.6 Å². The number of nitrogens with one attached hydrogen (secondary N) is 2. The van der Waals surface area contributed by atoms with Crippen LogP contribution in [0.2, 0.25) is 0 Å². The third kappa shape index (κ3) is 2.37. The van der Waals surface area contributed by atoms with Gasteiger partial charge in [-0.05, 0) is 12.0 Å². The monoisotopic (exact) mass is 202 g/mol. The van der Waals surface area contributed by atoms with Crippen LogP contribution in [0, 0.1) is 0 Å². The highest BCUT2D eigenvalue weighted by Gasteiger charge is 2.20. The molecule has 1 saturated heterocycles. The summed E-state index contributed by atoms with van der Waals surface area (Å²) in [5, 5.41) is 5.91. The minimum Gasteiger partial charge on any atom is -0.378 e. The van der Waals surface area contributed by atoms with Crippen LogP contribution in [0.15, 0.2) is 42.6 Å². The van der Waals surface area contributed by atoms with Crippen LogP contribution in [0.25, 0.3) is 0 Å². The van der Waals surface area contributed by atoms with E-state index in [1.54, 1.807) is 0 Å². The third-order valence-electron chi connectivity index (χ3n) is 2.51. The molecule has 0 bridgehead atoms. The van der Waals surface area contributed by atoms with E-state index in [2.05, 4.69) is 17.2 Å². The second-order valence-electron chi connectivity index (χ2n) is 3.69. The molecule has 3 heteroatoms. The highest BCUT2D eigenvalue weighted by Crippen LogP contribution is 2.09. The molecule has 1 amide bonds. The number of amides is 1. The summed E-state index contributed by atoms with van der Waals surface area (Å²) in [6, 6.07) is 10.1. The van der Waals surface area contributed by atoms with Gasteiger partial charge in [-0.1, -0.05) is 36.9 Å². The molecule has 78 valence electrons. The van der Waals surface area contributed by atoms with Crippen LogP contribution in [0.3, 0.4) is 0 Å². The largest absolute Gasteiger partial charge is 0.378 e. The van der Waals surface area contributed by atoms with Crippen molar-refractivity contribution in [3.8, 4) is 0 Å². The number of hydrogen-bond donors (Lipinski definition) is 2. The van der Waals surface area contributed by atoms with E-state index in [0.717, 1.165) is 12.1 Å². The summed E-state index contributed by atoms with van der Waals surface area (Å²) >= 11 is 0. The molecule has 1 atom stereocenters. The van der Waals surface area contributed by atoms with Gasteiger partial charge >= 0.3 is 0 Å². The minimum atomic E-state index is 0.00801. The summed E-state index contributed by atoms with van der Waals surface area (Å²) in [5.41, 5.74) is 2.09. The van der Waals surface area contributed by atoms with Crippen molar-refractivity contribution in [3.63, 3.8) is 0 Å². The van der Waals surface area contributed by atoms with Crippen molar-refractivity contribution >= 4 is 5.91 Å². The number of carbonyl (C=O) groups is 1. The smallest absolute Gasteiger partial charge is 0.239 e. The van der Waals surface area contributed by atoms with Gasteiger partial charge in [0.05, 0.1) is 12.6 Å². The summed E-state index contributed by atoms with van der Waals surface area (Å²) in [6.45, 7) is 4.24. The fourth-order valence-electron chi connectivity index (χ4n) is 1.67. The van der Waals surface area contributed by atoms with Gasteiger partial charge in [-0.15, -0.1) is 0 Å². The maximum absolute atomic E-state index is 11.2. The maximum Gasteiger partial charge on any atom is 0.239 e. The number of hydrogen-bond acceptors (Lipinski definition) is 2. The highest BCUT2D eigenvalue weighted by molar-refractivity contribution is 5.80. The first kappa shape index (κ1) is 9.77. The second-order valence-corrected chi connectivity index (χ2v) is 3.69. The van der Waals surface area contributed by atoms with Gasteiger partial charge in [0.25, 0.3) is 0 Å². The van der Waals surface area contributed by atoms with Crippen molar-refractivity contribution in [2.75, 3.05) is 6.54 Å². The molecule has 1 aromatic rings. The molecule has 3 nitrogen and oxygen atoms in total. The van der Waals surface area contributed by atoms with Gasteiger partial charge in [-0.25, -0.2) is 0 Å². The summed E-state index contributed by atoms with van der Waals surface area (Å²) in [6.07, 6.45) is 0.790. The first-order valence-corrected chi connectivity index (χ1v) is 5.01. The fraction of sp³-hybridized carbons (Fsp3) is 0.250. The Morgan fingerprint density at radius 3 is 2.80 bits per heavy atom. The van der Waals surface area contributed by atoms with Crippen LogP contribution in [-0.4, -0.2) is 18.5 Å². The van der Waals surface area contributed by atoms with Crippen LogP contribution in [-0.2, 0) is 11.2 Å². The standard InChI is InChI=1S/C12H14N2O/c1-9-11(14-12(15)8-13-9)7-10-5-3-2-4-6-10/h2-6,11,13H,1,7-8H2,(H,14,15)/t11-/m0/s1. The average molecular weight is 202 g/mol. The summed E-state index contributed by atoms with van der Waals surface area (Å²) in [7, 11) is 0. The van der Waals surface area contributed by atoms with Crippen molar-refractivity contribution < 1.29 is 4.79 Å². The Balaban J connectivity index is 2.05. The van der Waals surface area contributed by atoms with Crippen molar-refractivity contribution in [2.45, 2.75) is 12.5 Å². The Morgan fingerprint density at radius 2 is 2.07 bits per heavy atom. The molecule has 0 saturated carbocycles. The fourth-order valence-corrected chi connectivity index (χ4v) is 1.67. The quantitative estimate of drug-likeness (QED) is 0.746. The lowest BCUT2D eigenvalue weighted by Crippen LogP contribution is -2.50. The van der Waals surface area contributed by atoms with Gasteiger partial charge in [0.1, 0.15) is 0 Å². The lowest BCUT2D eigenvalue weighted by Gasteiger charge is -2.27. The molecule has 0 aliphatic carbocycles. The molecule has 1 aliphatic heterocycles. The van der Waals surface area contributed by atoms with Gasteiger partial charge in [0.2, 0.25) is 5.91 Å². The zero-order chi connectivity index (χ0) is 10.7. The zero-order valence-electron chi connectivity index (χ0n) is 8.49. The Labute approximate surface area is 89.2 Å². The molecule has 0 radical (unpaired) electrons. The predicted molar refractivity (Wildman–Crippen MR) is 59.2 cm³/mol. The Hall–Kier alpha value is -1.77. The molecule has 2 rings (SSSR count). The van der Waals surface area contributed by atoms with Gasteiger partial charge in [0.15, 0.2) is 0 Å². The highest BCUT2D eigenvalue weighted by atomic mass is 16.2. The molecule has 15 heavy (non-hydrogen) atoms. The van der Waals surface area contributed by atoms with E-state index in [-0.39, 0.29) is 11.9 Å². The van der Waals surface area contributed by atoms with Gasteiger partial charge < -0.3 is 10.6 Å². The molecule has 1 fully saturated rings. The molecule has 1 aromatic carbocycles. The Morgan fingerprint density at radius 1 is 1.33 bits per heavy atom. The number of rotatable bonds is 2. The van der Waals surface area contributed by atoms with Crippen LogP contribution in [0.4, 0.5) is 0 Å². The van der Waals surface area contributed by atoms with Gasteiger partial charge in [-0.3, -0.25) is 4.79 Å². The molecule has 2 N–H and O–H groups in total. The third-order valence-corrected chi connectivity index (χ3v) is 2.51. The Bertz CT molecular complexity index is 372. The summed E-state index contributed by atoms with van der Waals surface area (Å²) in [4.78, 5) is 11.2. The van der Waals surface area contributed by atoms with Crippen molar-refractivity contribution in [3.05, 3.63) is 48.2 Å². The van der Waals surface area contributed by atoms with E-state index in [4.69, 9.17) is 0 Å². The average Bonchev–Trinajstić information content (AvgIpc) is 2.25. The molecule has 0 aromatic heterocycles. The van der Waals surface area contributed by atoms with E-state index >= 15 is 0 Å². The van der Waals surface area contributed by atoms with E-state index < -0.39 is 0 Å². The minimum absolute atomic E-state index is 0.00801. The molecular formula is C12H14N2O. The molecular weight excluding hydrogens is 188 g/mol. The van der Waals surface area contributed by atoms with Gasteiger partial charge in [0, 0.05) is 5.70 Å². The molecule has 0 spiro atoms. The topological polar surface area (TPSA) is 41.1 Å². The summed E-state index contributed by atoms with van der Waals surface area (Å²) < 4.78 is 0. The number of carbonyl (C=O) groups excluding carboxylic acids is 1. The predicted octanol–water partition coefficient (Wildman–Crippen LogP) is 0.831. The summed E-state index contributed by atoms with van der Waals surface area (Å²) in [5.74, 6) is 0.0309. The first-order valence-electron chi connectivity index (χ1n) is 5.01. The van der Waals surface area contributed by atoms with Gasteiger partial charge in [-0.2, -0.15) is 0 Å². The maximum atomic E-state index is 11.2. The molecule has 1 heterocycles. The number of piperazine rings is 1. The first-order chi connectivity index (χ1) is 7.25. The van der Waals surface area contributed by atoms with Crippen molar-refractivity contribution in [2.24, 2.45) is 0 Å². The SMILES string of the molecule is C=C1NCC(=O)N[C@H]1Cc1ccccc1. The van der Waals surface area contributed by atoms with E-state index in [9.17, 15) is 4.79 Å². The zero-order valence-corrected chi connectivity index (χ0v) is 8.49. The van der Waals surface area contributed by atoms with Crippen LogP contribution in [0.1, 0.15) is 5.56 Å². The van der Waals surface area contributed by atoms with Crippen LogP contribution < -0.4 is 10.6 Å². The van der Waals surface area contributed by atoms with E-state index in [1.807, 2.05) is 30.3 Å². The van der Waals surface area contributed by atoms with E-state index in [1.165, 1.54) is 5.56 Å². The molecule has 0 unspecified atom stereocenters. The lowest BCUT2D eigenvalue weighted by molar-refractivity contribution is -0.121. The van der Waals surface area contributed by atoms with Crippen LogP contribution >= 0.6 is 0 Å². The Kier molecular flexibility index (Phi) is 2.72. The molecule has 1 aliphatic rings. The number of benzene rings is 1. The lowest BCUT2D eigenvalue weighted by atomic mass is 10.0.